The van der Waals surface area contributed by atoms with Crippen molar-refractivity contribution in [3.8, 4) is 17.1 Å². The molecule has 1 aliphatic carbocycles. The second kappa shape index (κ2) is 15.7. The highest BCUT2D eigenvalue weighted by Crippen LogP contribution is 2.41. The number of hydrogen-bond donors (Lipinski definition) is 0. The predicted molar refractivity (Wildman–Crippen MR) is 218 cm³/mol. The first-order chi connectivity index (χ1) is 27.0. The Labute approximate surface area is 331 Å². The Kier molecular flexibility index (Phi) is 10.8. The summed E-state index contributed by atoms with van der Waals surface area (Å²) in [4.78, 5) is 3.88. The second-order valence-corrected chi connectivity index (χ2v) is 14.7. The Morgan fingerprint density at radius 3 is 1.93 bits per heavy atom. The summed E-state index contributed by atoms with van der Waals surface area (Å²) in [6, 6.07) is 23.3. The molecule has 0 atom stereocenters. The predicted octanol–water partition coefficient (Wildman–Crippen LogP) is 13.7. The summed E-state index contributed by atoms with van der Waals surface area (Å²) in [6.45, 7) is 0. The van der Waals surface area contributed by atoms with Crippen LogP contribution in [-0.2, 0) is 12.4 Å². The van der Waals surface area contributed by atoms with Gasteiger partial charge in [0.05, 0.1) is 34.2 Å². The van der Waals surface area contributed by atoms with Crippen molar-refractivity contribution in [1.29, 1.82) is 0 Å². The first-order valence-corrected chi connectivity index (χ1v) is 18.6. The Balaban J connectivity index is 1.25. The summed E-state index contributed by atoms with van der Waals surface area (Å²) in [5, 5.41) is 1.44. The van der Waals surface area contributed by atoms with Gasteiger partial charge in [0.1, 0.15) is 11.5 Å². The minimum absolute atomic E-state index is 0.417. The summed E-state index contributed by atoms with van der Waals surface area (Å²) < 4.78 is 92.4. The highest BCUT2D eigenvalue weighted by molar-refractivity contribution is 6.32. The van der Waals surface area contributed by atoms with Crippen LogP contribution in [0.15, 0.2) is 136 Å². The molecule has 0 fully saturated rings. The van der Waals surface area contributed by atoms with Gasteiger partial charge in [-0.1, -0.05) is 48.0 Å². The maximum atomic E-state index is 13.3. The lowest BCUT2D eigenvalue weighted by atomic mass is 9.92. The number of anilines is 2. The van der Waals surface area contributed by atoms with Gasteiger partial charge in [0, 0.05) is 67.4 Å². The molecular formula is C46H38ClF6N2O2+. The normalized spacial score (nSPS) is 16.3. The maximum absolute atomic E-state index is 13.3. The monoisotopic (exact) mass is 799 g/mol. The molecule has 0 saturated carbocycles. The average molecular weight is 800 g/mol. The lowest BCUT2D eigenvalue weighted by molar-refractivity contribution is -0.138. The van der Waals surface area contributed by atoms with Crippen molar-refractivity contribution in [3.63, 3.8) is 0 Å². The molecule has 4 aromatic carbocycles. The topological polar surface area (TPSA) is 27.0 Å². The molecule has 0 amide bonds. The fourth-order valence-corrected chi connectivity index (χ4v) is 7.07. The molecule has 57 heavy (non-hydrogen) atoms. The van der Waals surface area contributed by atoms with Crippen LogP contribution in [0, 0.1) is 0 Å². The Morgan fingerprint density at radius 1 is 0.684 bits per heavy atom. The van der Waals surface area contributed by atoms with E-state index in [-0.39, 0.29) is 0 Å². The van der Waals surface area contributed by atoms with Gasteiger partial charge in [0.2, 0.25) is 0 Å². The van der Waals surface area contributed by atoms with Crippen LogP contribution in [0.1, 0.15) is 47.1 Å². The van der Waals surface area contributed by atoms with Crippen LogP contribution >= 0.6 is 11.6 Å². The van der Waals surface area contributed by atoms with Crippen LogP contribution in [0.25, 0.3) is 39.7 Å². The summed E-state index contributed by atoms with van der Waals surface area (Å²) in [5.41, 5.74) is 6.20. The van der Waals surface area contributed by atoms with Gasteiger partial charge < -0.3 is 14.5 Å². The molecule has 0 spiro atoms. The zero-order chi connectivity index (χ0) is 40.6. The molecule has 0 bridgehead atoms. The summed E-state index contributed by atoms with van der Waals surface area (Å²) in [7, 11) is 7.65. The van der Waals surface area contributed by atoms with E-state index in [1.165, 1.54) is 24.3 Å². The Bertz CT molecular complexity index is 2490. The van der Waals surface area contributed by atoms with Gasteiger partial charge in [0.25, 0.3) is 0 Å². The number of hydrogen-bond acceptors (Lipinski definition) is 3. The number of allylic oxidation sites excluding steroid dienone is 8. The molecule has 7 rings (SSSR count). The van der Waals surface area contributed by atoms with E-state index in [9.17, 15) is 26.3 Å². The van der Waals surface area contributed by atoms with E-state index in [1.807, 2.05) is 111 Å². The molecule has 0 N–H and O–H groups in total. The molecule has 292 valence electrons. The van der Waals surface area contributed by atoms with Gasteiger partial charge >= 0.3 is 23.7 Å². The molecule has 2 aliphatic rings. The number of nitrogens with zero attached hydrogens (tertiary/aromatic N) is 2. The van der Waals surface area contributed by atoms with Gasteiger partial charge in [-0.2, -0.15) is 26.3 Å². The summed E-state index contributed by atoms with van der Waals surface area (Å²) >= 11 is 7.09. The fourth-order valence-electron chi connectivity index (χ4n) is 6.75. The van der Waals surface area contributed by atoms with Crippen LogP contribution in [0.2, 0.25) is 0 Å². The SMILES string of the molecule is CN(C)c1ccc2c(c1)OC(c1ccc(C(F)(F)F)cc1)=C/C2=C\C=C1/CCCC(/C=C/c2cc(-c3ccc(C(F)(F)F)cc3)[o+]c3cc(N(C)C)ccc23)=C1Cl. The van der Waals surface area contributed by atoms with Crippen molar-refractivity contribution in [2.45, 2.75) is 31.6 Å². The number of fused-ring (bicyclic) bond motifs is 2. The average Bonchev–Trinajstić information content (AvgIpc) is 3.18. The minimum Gasteiger partial charge on any atom is -0.456 e. The van der Waals surface area contributed by atoms with E-state index in [2.05, 4.69) is 0 Å². The smallest absolute Gasteiger partial charge is 0.416 e. The van der Waals surface area contributed by atoms with E-state index in [4.69, 9.17) is 20.8 Å². The minimum atomic E-state index is -4.45. The van der Waals surface area contributed by atoms with Crippen molar-refractivity contribution in [1.82, 2.24) is 0 Å². The zero-order valence-electron chi connectivity index (χ0n) is 31.5. The van der Waals surface area contributed by atoms with Crippen LogP contribution in [0.3, 0.4) is 0 Å². The third-order valence-corrected chi connectivity index (χ3v) is 10.5. The van der Waals surface area contributed by atoms with Crippen LogP contribution in [-0.4, -0.2) is 28.2 Å². The van der Waals surface area contributed by atoms with Crippen molar-refractivity contribution in [3.05, 3.63) is 159 Å². The van der Waals surface area contributed by atoms with E-state index in [1.54, 1.807) is 0 Å². The molecule has 0 radical (unpaired) electrons. The lowest BCUT2D eigenvalue weighted by Crippen LogP contribution is -2.10. The summed E-state index contributed by atoms with van der Waals surface area (Å²) in [6.07, 6.45) is 3.08. The molecule has 0 unspecified atom stereocenters. The maximum Gasteiger partial charge on any atom is 0.416 e. The van der Waals surface area contributed by atoms with Gasteiger partial charge in [-0.25, -0.2) is 4.42 Å². The Hall–Kier alpha value is -5.74. The second-order valence-electron chi connectivity index (χ2n) is 14.3. The Morgan fingerprint density at radius 2 is 1.30 bits per heavy atom. The van der Waals surface area contributed by atoms with Crippen LogP contribution in [0.4, 0.5) is 37.7 Å². The highest BCUT2D eigenvalue weighted by atomic mass is 35.5. The van der Waals surface area contributed by atoms with Gasteiger partial charge in [0.15, 0.2) is 0 Å². The first kappa shape index (κ1) is 39.5. The molecule has 11 heteroatoms. The first-order valence-electron chi connectivity index (χ1n) is 18.2. The van der Waals surface area contributed by atoms with E-state index in [0.717, 1.165) is 88.1 Å². The third-order valence-electron chi connectivity index (χ3n) is 9.98. The third kappa shape index (κ3) is 8.66. The molecule has 5 aromatic rings. The lowest BCUT2D eigenvalue weighted by Gasteiger charge is -2.23. The fraction of sp³-hybridized carbons (Fsp3) is 0.196. The zero-order valence-corrected chi connectivity index (χ0v) is 32.3. The van der Waals surface area contributed by atoms with Crippen molar-refractivity contribution >= 4 is 51.4 Å². The van der Waals surface area contributed by atoms with Crippen molar-refractivity contribution < 1.29 is 35.5 Å². The van der Waals surface area contributed by atoms with E-state index in [0.29, 0.717) is 39.0 Å². The van der Waals surface area contributed by atoms with Gasteiger partial charge in [-0.3, -0.25) is 0 Å². The van der Waals surface area contributed by atoms with Crippen molar-refractivity contribution in [2.24, 2.45) is 0 Å². The van der Waals surface area contributed by atoms with Gasteiger partial charge in [-0.05, 0) is 103 Å². The summed E-state index contributed by atoms with van der Waals surface area (Å²) in [5.74, 6) is 1.41. The molecule has 0 saturated heterocycles. The molecule has 4 nitrogen and oxygen atoms in total. The molecular weight excluding hydrogens is 762 g/mol. The molecule has 2 heterocycles. The van der Waals surface area contributed by atoms with Crippen molar-refractivity contribution in [2.75, 3.05) is 38.0 Å². The van der Waals surface area contributed by atoms with E-state index < -0.39 is 23.5 Å². The van der Waals surface area contributed by atoms with E-state index >= 15 is 0 Å². The highest BCUT2D eigenvalue weighted by Gasteiger charge is 2.32. The van der Waals surface area contributed by atoms with Crippen LogP contribution in [0.5, 0.6) is 5.75 Å². The standard InChI is InChI=1S/C46H38ClF6N2O2/c1-54(2)36-20-22-38-32(24-40(56-42(38)26-36)28-12-16-34(17-13-28)45(48,49)50)10-8-30-6-5-7-31(44(30)47)9-11-33-25-41(29-14-18-35(19-15-29)46(51,52)53)57-43-27-37(55(3)4)21-23-39(33)43/h8-27H,5-7H2,1-4H3/q+1. The molecule has 1 aliphatic heterocycles. The quantitative estimate of drug-likeness (QED) is 0.121. The largest absolute Gasteiger partial charge is 0.456 e. The number of benzene rings is 4. The number of rotatable bonds is 7. The van der Waals surface area contributed by atoms with Crippen LogP contribution < -0.4 is 14.5 Å². The van der Waals surface area contributed by atoms with Gasteiger partial charge in [-0.15, -0.1) is 0 Å². The number of ether oxygens (including phenoxy) is 1. The number of alkyl halides is 6. The number of halogens is 7. The molecule has 1 aromatic heterocycles.